The molecule has 3 nitrogen and oxygen atoms in total. The first kappa shape index (κ1) is 11.3. The summed E-state index contributed by atoms with van der Waals surface area (Å²) in [6, 6.07) is 14.1. The first-order chi connectivity index (χ1) is 8.75. The van der Waals surface area contributed by atoms with E-state index < -0.39 is 0 Å². The Morgan fingerprint density at radius 2 is 1.94 bits per heavy atom. The van der Waals surface area contributed by atoms with Gasteiger partial charge in [-0.2, -0.15) is 5.10 Å². The van der Waals surface area contributed by atoms with Crippen molar-refractivity contribution >= 4 is 32.5 Å². The number of nitrogens with two attached hydrogens (primary N) is 1. The minimum absolute atomic E-state index is 0.707. The molecule has 0 spiro atoms. The van der Waals surface area contributed by atoms with Crippen molar-refractivity contribution in [2.24, 2.45) is 0 Å². The van der Waals surface area contributed by atoms with Crippen LogP contribution in [0.25, 0.3) is 10.9 Å². The summed E-state index contributed by atoms with van der Waals surface area (Å²) in [5.74, 6) is 0. The summed E-state index contributed by atoms with van der Waals surface area (Å²) in [6.07, 6.45) is 1.88. The van der Waals surface area contributed by atoms with Crippen LogP contribution in [0.1, 0.15) is 5.56 Å². The Kier molecular flexibility index (Phi) is 2.80. The zero-order valence-electron chi connectivity index (χ0n) is 9.68. The fourth-order valence-corrected chi connectivity index (χ4v) is 2.42. The number of hydrogen-bond acceptors (Lipinski definition) is 2. The van der Waals surface area contributed by atoms with Crippen molar-refractivity contribution in [2.75, 3.05) is 5.73 Å². The maximum Gasteiger partial charge on any atom is 0.0686 e. The quantitative estimate of drug-likeness (QED) is 0.737. The van der Waals surface area contributed by atoms with Gasteiger partial charge in [0.2, 0.25) is 0 Å². The van der Waals surface area contributed by atoms with E-state index in [-0.39, 0.29) is 0 Å². The average molecular weight is 302 g/mol. The largest absolute Gasteiger partial charge is 0.398 e. The van der Waals surface area contributed by atoms with E-state index in [1.807, 2.05) is 35.1 Å². The van der Waals surface area contributed by atoms with Gasteiger partial charge in [-0.3, -0.25) is 4.68 Å². The molecule has 3 rings (SSSR count). The van der Waals surface area contributed by atoms with Gasteiger partial charge in [0.15, 0.2) is 0 Å². The number of aromatic nitrogens is 2. The number of para-hydroxylation sites is 1. The molecule has 0 aliphatic rings. The second-order valence-corrected chi connectivity index (χ2v) is 4.97. The minimum atomic E-state index is 0.707. The van der Waals surface area contributed by atoms with Gasteiger partial charge in [-0.15, -0.1) is 0 Å². The molecule has 0 saturated heterocycles. The normalized spacial score (nSPS) is 10.9. The summed E-state index contributed by atoms with van der Waals surface area (Å²) in [4.78, 5) is 0. The zero-order valence-corrected chi connectivity index (χ0v) is 11.3. The van der Waals surface area contributed by atoms with E-state index >= 15 is 0 Å². The van der Waals surface area contributed by atoms with Gasteiger partial charge in [-0.25, -0.2) is 0 Å². The van der Waals surface area contributed by atoms with Gasteiger partial charge in [0, 0.05) is 15.5 Å². The molecule has 2 N–H and O–H groups in total. The third-order valence-corrected chi connectivity index (χ3v) is 3.95. The summed E-state index contributed by atoms with van der Waals surface area (Å²) in [5.41, 5.74) is 8.90. The molecule has 0 fully saturated rings. The van der Waals surface area contributed by atoms with Gasteiger partial charge >= 0.3 is 0 Å². The molecule has 1 heterocycles. The SMILES string of the molecule is Nc1cccc(Cn2ncc3ccccc32)c1Br. The van der Waals surface area contributed by atoms with Crippen LogP contribution in [0.5, 0.6) is 0 Å². The Bertz CT molecular complexity index is 703. The third-order valence-electron chi connectivity index (χ3n) is 2.98. The van der Waals surface area contributed by atoms with Gasteiger partial charge < -0.3 is 5.73 Å². The first-order valence-electron chi connectivity index (χ1n) is 5.69. The van der Waals surface area contributed by atoms with Gasteiger partial charge in [0.1, 0.15) is 0 Å². The van der Waals surface area contributed by atoms with Crippen LogP contribution in [0.4, 0.5) is 5.69 Å². The van der Waals surface area contributed by atoms with E-state index in [9.17, 15) is 0 Å². The molecular formula is C14H12BrN3. The Balaban J connectivity index is 2.04. The van der Waals surface area contributed by atoms with Crippen LogP contribution in [-0.4, -0.2) is 9.78 Å². The van der Waals surface area contributed by atoms with Gasteiger partial charge in [0.25, 0.3) is 0 Å². The molecule has 2 aromatic carbocycles. The van der Waals surface area contributed by atoms with E-state index in [0.717, 1.165) is 26.6 Å². The number of fused-ring (bicyclic) bond motifs is 1. The number of nitrogens with zero attached hydrogens (tertiary/aromatic N) is 2. The van der Waals surface area contributed by atoms with Crippen LogP contribution in [-0.2, 0) is 6.54 Å². The van der Waals surface area contributed by atoms with Crippen molar-refractivity contribution in [3.05, 3.63) is 58.7 Å². The van der Waals surface area contributed by atoms with Crippen LogP contribution in [0.2, 0.25) is 0 Å². The van der Waals surface area contributed by atoms with Gasteiger partial charge in [0.05, 0.1) is 18.3 Å². The van der Waals surface area contributed by atoms with Crippen LogP contribution >= 0.6 is 15.9 Å². The van der Waals surface area contributed by atoms with Crippen LogP contribution in [0.15, 0.2) is 53.1 Å². The molecule has 1 aromatic heterocycles. The van der Waals surface area contributed by atoms with Crippen molar-refractivity contribution in [1.29, 1.82) is 0 Å². The van der Waals surface area contributed by atoms with E-state index in [4.69, 9.17) is 5.73 Å². The summed E-state index contributed by atoms with van der Waals surface area (Å²) >= 11 is 3.52. The van der Waals surface area contributed by atoms with E-state index in [1.54, 1.807) is 0 Å². The number of halogens is 1. The summed E-state index contributed by atoms with van der Waals surface area (Å²) in [5, 5.41) is 5.57. The van der Waals surface area contributed by atoms with Gasteiger partial charge in [-0.05, 0) is 33.6 Å². The van der Waals surface area contributed by atoms with E-state index in [2.05, 4.69) is 39.2 Å². The highest BCUT2D eigenvalue weighted by atomic mass is 79.9. The Labute approximate surface area is 113 Å². The molecule has 0 radical (unpaired) electrons. The molecule has 0 unspecified atom stereocenters. The van der Waals surface area contributed by atoms with Crippen LogP contribution in [0, 0.1) is 0 Å². The molecule has 0 amide bonds. The monoisotopic (exact) mass is 301 g/mol. The van der Waals surface area contributed by atoms with Gasteiger partial charge in [-0.1, -0.05) is 30.3 Å². The topological polar surface area (TPSA) is 43.8 Å². The van der Waals surface area contributed by atoms with Crippen molar-refractivity contribution in [1.82, 2.24) is 9.78 Å². The molecule has 18 heavy (non-hydrogen) atoms. The molecule has 4 heteroatoms. The standard InChI is InChI=1S/C14H12BrN3/c15-14-11(5-3-6-12(14)16)9-18-13-7-2-1-4-10(13)8-17-18/h1-8H,9,16H2. The summed E-state index contributed by atoms with van der Waals surface area (Å²) in [7, 11) is 0. The predicted molar refractivity (Wildman–Crippen MR) is 77.4 cm³/mol. The number of benzene rings is 2. The van der Waals surface area contributed by atoms with Crippen molar-refractivity contribution in [2.45, 2.75) is 6.54 Å². The molecule has 90 valence electrons. The second-order valence-electron chi connectivity index (χ2n) is 4.18. The van der Waals surface area contributed by atoms with Crippen molar-refractivity contribution in [3.8, 4) is 0 Å². The molecule has 0 bridgehead atoms. The average Bonchev–Trinajstić information content (AvgIpc) is 2.79. The number of nitrogen functional groups attached to an aromatic ring is 1. The Morgan fingerprint density at radius 1 is 1.11 bits per heavy atom. The molecule has 0 saturated carbocycles. The lowest BCUT2D eigenvalue weighted by molar-refractivity contribution is 0.710. The molecule has 0 aliphatic heterocycles. The van der Waals surface area contributed by atoms with Crippen molar-refractivity contribution in [3.63, 3.8) is 0 Å². The summed E-state index contributed by atoms with van der Waals surface area (Å²) in [6.45, 7) is 0.707. The maximum absolute atomic E-state index is 5.89. The lowest BCUT2D eigenvalue weighted by Gasteiger charge is -2.08. The minimum Gasteiger partial charge on any atom is -0.398 e. The third kappa shape index (κ3) is 1.88. The molecule has 0 atom stereocenters. The Hall–Kier alpha value is -1.81. The van der Waals surface area contributed by atoms with Crippen molar-refractivity contribution < 1.29 is 0 Å². The number of anilines is 1. The second kappa shape index (κ2) is 4.46. The first-order valence-corrected chi connectivity index (χ1v) is 6.48. The lowest BCUT2D eigenvalue weighted by atomic mass is 10.2. The highest BCUT2D eigenvalue weighted by molar-refractivity contribution is 9.10. The highest BCUT2D eigenvalue weighted by Gasteiger charge is 2.06. The molecule has 0 aliphatic carbocycles. The molecular weight excluding hydrogens is 290 g/mol. The molecule has 3 aromatic rings. The van der Waals surface area contributed by atoms with E-state index in [0.29, 0.717) is 6.54 Å². The van der Waals surface area contributed by atoms with Crippen LogP contribution in [0.3, 0.4) is 0 Å². The van der Waals surface area contributed by atoms with Crippen LogP contribution < -0.4 is 5.73 Å². The lowest BCUT2D eigenvalue weighted by Crippen LogP contribution is -2.03. The number of rotatable bonds is 2. The Morgan fingerprint density at radius 3 is 2.83 bits per heavy atom. The highest BCUT2D eigenvalue weighted by Crippen LogP contribution is 2.25. The fraction of sp³-hybridized carbons (Fsp3) is 0.0714. The van der Waals surface area contributed by atoms with E-state index in [1.165, 1.54) is 0 Å². The fourth-order valence-electron chi connectivity index (χ4n) is 2.03. The zero-order chi connectivity index (χ0) is 12.5. The maximum atomic E-state index is 5.89. The number of hydrogen-bond donors (Lipinski definition) is 1. The predicted octanol–water partition coefficient (Wildman–Crippen LogP) is 3.43. The smallest absolute Gasteiger partial charge is 0.0686 e. The summed E-state index contributed by atoms with van der Waals surface area (Å²) < 4.78 is 2.93.